The van der Waals surface area contributed by atoms with E-state index in [1.807, 2.05) is 18.2 Å². The summed E-state index contributed by atoms with van der Waals surface area (Å²) in [7, 11) is 0. The fourth-order valence-electron chi connectivity index (χ4n) is 1.83. The lowest BCUT2D eigenvalue weighted by atomic mass is 10.0. The highest BCUT2D eigenvalue weighted by molar-refractivity contribution is 5.19. The molecule has 0 fully saturated rings. The van der Waals surface area contributed by atoms with Gasteiger partial charge in [0.15, 0.2) is 0 Å². The molecule has 0 aliphatic rings. The van der Waals surface area contributed by atoms with Crippen LogP contribution in [-0.2, 0) is 0 Å². The molecule has 3 nitrogen and oxygen atoms in total. The first kappa shape index (κ1) is 13.2. The van der Waals surface area contributed by atoms with E-state index in [-0.39, 0.29) is 12.6 Å². The van der Waals surface area contributed by atoms with Gasteiger partial charge in [0, 0.05) is 25.2 Å². The molecule has 1 aromatic rings. The number of benzene rings is 1. The van der Waals surface area contributed by atoms with Gasteiger partial charge in [0.25, 0.3) is 0 Å². The van der Waals surface area contributed by atoms with Gasteiger partial charge >= 0.3 is 0 Å². The van der Waals surface area contributed by atoms with Gasteiger partial charge < -0.3 is 16.2 Å². The normalized spacial score (nSPS) is 14.7. The number of nitrogens with two attached hydrogens (primary N) is 1. The van der Waals surface area contributed by atoms with Crippen LogP contribution in [0.1, 0.15) is 31.4 Å². The average molecular weight is 222 g/mol. The van der Waals surface area contributed by atoms with Gasteiger partial charge in [-0.2, -0.15) is 0 Å². The lowest BCUT2D eigenvalue weighted by Gasteiger charge is -2.24. The van der Waals surface area contributed by atoms with E-state index < -0.39 is 0 Å². The Labute approximate surface area is 97.7 Å². The molecular formula is C13H22N2O. The molecule has 0 heterocycles. The highest BCUT2D eigenvalue weighted by Gasteiger charge is 2.13. The average Bonchev–Trinajstić information content (AvgIpc) is 2.35. The van der Waals surface area contributed by atoms with Gasteiger partial charge in [-0.25, -0.2) is 0 Å². The molecule has 16 heavy (non-hydrogen) atoms. The van der Waals surface area contributed by atoms with Gasteiger partial charge in [-0.3, -0.25) is 0 Å². The van der Waals surface area contributed by atoms with E-state index in [2.05, 4.69) is 24.4 Å². The highest BCUT2D eigenvalue weighted by Crippen LogP contribution is 2.13. The summed E-state index contributed by atoms with van der Waals surface area (Å²) in [5.74, 6) is 0. The molecule has 1 aromatic carbocycles. The van der Waals surface area contributed by atoms with Crippen LogP contribution < -0.4 is 11.1 Å². The van der Waals surface area contributed by atoms with Crippen LogP contribution in [0.15, 0.2) is 30.3 Å². The second kappa shape index (κ2) is 7.39. The number of rotatable bonds is 7. The molecule has 0 aliphatic carbocycles. The number of nitrogens with one attached hydrogen (secondary N) is 1. The molecule has 0 aliphatic heterocycles. The first-order valence-corrected chi connectivity index (χ1v) is 5.93. The lowest BCUT2D eigenvalue weighted by Crippen LogP contribution is -2.36. The van der Waals surface area contributed by atoms with Gasteiger partial charge in [0.05, 0.1) is 0 Å². The Hall–Kier alpha value is -0.900. The standard InChI is InChI=1S/C13H22N2O/c1-2-12(8-9-16)15-13(10-14)11-6-4-3-5-7-11/h3-7,12-13,15-16H,2,8-10,14H2,1H3. The smallest absolute Gasteiger partial charge is 0.0446 e. The summed E-state index contributed by atoms with van der Waals surface area (Å²) in [4.78, 5) is 0. The maximum absolute atomic E-state index is 8.95. The van der Waals surface area contributed by atoms with Crippen molar-refractivity contribution in [1.82, 2.24) is 5.32 Å². The largest absolute Gasteiger partial charge is 0.396 e. The second-order valence-corrected chi connectivity index (χ2v) is 3.98. The van der Waals surface area contributed by atoms with Crippen molar-refractivity contribution in [2.45, 2.75) is 31.8 Å². The van der Waals surface area contributed by atoms with Crippen molar-refractivity contribution in [3.8, 4) is 0 Å². The molecule has 2 atom stereocenters. The summed E-state index contributed by atoms with van der Waals surface area (Å²) in [6, 6.07) is 10.7. The summed E-state index contributed by atoms with van der Waals surface area (Å²) in [5.41, 5.74) is 6.99. The third-order valence-corrected chi connectivity index (χ3v) is 2.84. The molecule has 0 bridgehead atoms. The minimum absolute atomic E-state index is 0.178. The van der Waals surface area contributed by atoms with Gasteiger partial charge in [-0.05, 0) is 18.4 Å². The summed E-state index contributed by atoms with van der Waals surface area (Å²) in [6.45, 7) is 2.91. The second-order valence-electron chi connectivity index (χ2n) is 3.98. The molecule has 0 spiro atoms. The Bertz CT molecular complexity index is 277. The summed E-state index contributed by atoms with van der Waals surface area (Å²) < 4.78 is 0. The molecule has 1 rings (SSSR count). The van der Waals surface area contributed by atoms with Crippen LogP contribution in [-0.4, -0.2) is 24.3 Å². The summed E-state index contributed by atoms with van der Waals surface area (Å²) in [6.07, 6.45) is 1.78. The van der Waals surface area contributed by atoms with Crippen LogP contribution in [0.3, 0.4) is 0 Å². The van der Waals surface area contributed by atoms with Crippen LogP contribution in [0.5, 0.6) is 0 Å². The van der Waals surface area contributed by atoms with E-state index >= 15 is 0 Å². The molecule has 2 unspecified atom stereocenters. The van der Waals surface area contributed by atoms with Crippen LogP contribution in [0.2, 0.25) is 0 Å². The molecule has 0 aromatic heterocycles. The number of hydrogen-bond donors (Lipinski definition) is 3. The predicted octanol–water partition coefficient (Wildman–Crippen LogP) is 1.44. The molecule has 4 N–H and O–H groups in total. The number of aliphatic hydroxyl groups is 1. The van der Waals surface area contributed by atoms with Crippen LogP contribution in [0.25, 0.3) is 0 Å². The van der Waals surface area contributed by atoms with Gasteiger partial charge in [0.1, 0.15) is 0 Å². The zero-order chi connectivity index (χ0) is 11.8. The Morgan fingerprint density at radius 2 is 2.00 bits per heavy atom. The Kier molecular flexibility index (Phi) is 6.08. The number of aliphatic hydroxyl groups excluding tert-OH is 1. The Morgan fingerprint density at radius 3 is 2.50 bits per heavy atom. The van der Waals surface area contributed by atoms with E-state index in [9.17, 15) is 0 Å². The molecule has 0 saturated carbocycles. The van der Waals surface area contributed by atoms with Crippen molar-refractivity contribution < 1.29 is 5.11 Å². The Morgan fingerprint density at radius 1 is 1.31 bits per heavy atom. The monoisotopic (exact) mass is 222 g/mol. The Balaban J connectivity index is 2.61. The predicted molar refractivity (Wildman–Crippen MR) is 67.2 cm³/mol. The van der Waals surface area contributed by atoms with Crippen molar-refractivity contribution in [2.75, 3.05) is 13.2 Å². The highest BCUT2D eigenvalue weighted by atomic mass is 16.3. The van der Waals surface area contributed by atoms with Crippen molar-refractivity contribution in [3.05, 3.63) is 35.9 Å². The zero-order valence-corrected chi connectivity index (χ0v) is 9.89. The van der Waals surface area contributed by atoms with Crippen molar-refractivity contribution in [1.29, 1.82) is 0 Å². The lowest BCUT2D eigenvalue weighted by molar-refractivity contribution is 0.256. The van der Waals surface area contributed by atoms with Crippen LogP contribution in [0, 0.1) is 0 Å². The third kappa shape index (κ3) is 3.93. The molecular weight excluding hydrogens is 200 g/mol. The maximum atomic E-state index is 8.95. The van der Waals surface area contributed by atoms with Crippen molar-refractivity contribution >= 4 is 0 Å². The van der Waals surface area contributed by atoms with Crippen molar-refractivity contribution in [2.24, 2.45) is 5.73 Å². The van der Waals surface area contributed by atoms with Gasteiger partial charge in [-0.1, -0.05) is 37.3 Å². The number of hydrogen-bond acceptors (Lipinski definition) is 3. The topological polar surface area (TPSA) is 58.3 Å². The fourth-order valence-corrected chi connectivity index (χ4v) is 1.83. The van der Waals surface area contributed by atoms with Crippen LogP contribution >= 0.6 is 0 Å². The molecule has 0 saturated heterocycles. The molecule has 90 valence electrons. The van der Waals surface area contributed by atoms with E-state index in [1.165, 1.54) is 5.56 Å². The van der Waals surface area contributed by atoms with Gasteiger partial charge in [0.2, 0.25) is 0 Å². The van der Waals surface area contributed by atoms with Crippen LogP contribution in [0.4, 0.5) is 0 Å². The molecule has 0 amide bonds. The molecule has 3 heteroatoms. The SMILES string of the molecule is CCC(CCO)NC(CN)c1ccccc1. The van der Waals surface area contributed by atoms with E-state index in [1.54, 1.807) is 0 Å². The quantitative estimate of drug-likeness (QED) is 0.654. The van der Waals surface area contributed by atoms with E-state index in [0.717, 1.165) is 12.8 Å². The fraction of sp³-hybridized carbons (Fsp3) is 0.538. The van der Waals surface area contributed by atoms with E-state index in [0.29, 0.717) is 12.6 Å². The van der Waals surface area contributed by atoms with Crippen molar-refractivity contribution in [3.63, 3.8) is 0 Å². The minimum Gasteiger partial charge on any atom is -0.396 e. The zero-order valence-electron chi connectivity index (χ0n) is 9.89. The first-order valence-electron chi connectivity index (χ1n) is 5.93. The third-order valence-electron chi connectivity index (χ3n) is 2.84. The minimum atomic E-state index is 0.178. The molecule has 0 radical (unpaired) electrons. The van der Waals surface area contributed by atoms with Gasteiger partial charge in [-0.15, -0.1) is 0 Å². The summed E-state index contributed by atoms with van der Waals surface area (Å²) >= 11 is 0. The summed E-state index contributed by atoms with van der Waals surface area (Å²) in [5, 5.41) is 12.4. The van der Waals surface area contributed by atoms with E-state index in [4.69, 9.17) is 10.8 Å². The maximum Gasteiger partial charge on any atom is 0.0446 e. The first-order chi connectivity index (χ1) is 7.81.